The van der Waals surface area contributed by atoms with E-state index in [1.165, 1.54) is 35.5 Å². The Bertz CT molecular complexity index is 791. The minimum atomic E-state index is -1.17. The molecule has 1 aliphatic rings. The molecule has 0 fully saturated rings. The highest BCUT2D eigenvalue weighted by atomic mass is 32.1. The number of fused-ring (bicyclic) bond motifs is 1. The van der Waals surface area contributed by atoms with Gasteiger partial charge in [-0.15, -0.1) is 11.3 Å². The molecular weight excluding hydrogens is 321 g/mol. The largest absolute Gasteiger partial charge is 0.315 e. The first kappa shape index (κ1) is 15.3. The van der Waals surface area contributed by atoms with Crippen molar-refractivity contribution in [3.05, 3.63) is 41.2 Å². The van der Waals surface area contributed by atoms with Gasteiger partial charge in [-0.25, -0.2) is 9.37 Å². The topological polar surface area (TPSA) is 79.4 Å². The third kappa shape index (κ3) is 2.85. The third-order valence-corrected chi connectivity index (χ3v) is 4.32. The molecule has 2 heterocycles. The van der Waals surface area contributed by atoms with Crippen molar-refractivity contribution < 1.29 is 18.8 Å². The van der Waals surface area contributed by atoms with Crippen molar-refractivity contribution in [3.63, 3.8) is 0 Å². The summed E-state index contributed by atoms with van der Waals surface area (Å²) in [6, 6.07) is 3.55. The highest BCUT2D eigenvalue weighted by Gasteiger charge is 2.37. The van der Waals surface area contributed by atoms with Crippen LogP contribution in [0.3, 0.4) is 0 Å². The maximum Gasteiger partial charge on any atom is 0.237 e. The van der Waals surface area contributed by atoms with E-state index < -0.39 is 29.3 Å². The van der Waals surface area contributed by atoms with E-state index in [1.807, 2.05) is 0 Å². The lowest BCUT2D eigenvalue weighted by Gasteiger charge is -2.16. The number of Topliss-reactive ketones (excluding diaryl/α,β-unsaturated/α-hetero) is 1. The Hall–Kier alpha value is -2.61. The first-order chi connectivity index (χ1) is 11.0. The number of carbonyl (C=O) groups excluding carboxylic acids is 3. The normalized spacial score (nSPS) is 17.7. The second kappa shape index (κ2) is 5.88. The SMILES string of the molecule is CN1C(=O)CC(C(=O)Nc2nccs2)C(=O)c2ccc(F)cc21. The molecule has 0 bridgehead atoms. The molecule has 0 radical (unpaired) electrons. The van der Waals surface area contributed by atoms with E-state index in [0.717, 1.165) is 12.1 Å². The molecule has 1 aromatic carbocycles. The lowest BCUT2D eigenvalue weighted by atomic mass is 9.94. The van der Waals surface area contributed by atoms with Crippen LogP contribution in [0.5, 0.6) is 0 Å². The van der Waals surface area contributed by atoms with Gasteiger partial charge in [-0.2, -0.15) is 0 Å². The Morgan fingerprint density at radius 3 is 2.91 bits per heavy atom. The minimum Gasteiger partial charge on any atom is -0.315 e. The zero-order valence-electron chi connectivity index (χ0n) is 12.1. The van der Waals surface area contributed by atoms with E-state index in [4.69, 9.17) is 0 Å². The average molecular weight is 333 g/mol. The summed E-state index contributed by atoms with van der Waals surface area (Å²) in [6.45, 7) is 0. The number of ketones is 1. The van der Waals surface area contributed by atoms with Gasteiger partial charge in [-0.1, -0.05) is 0 Å². The number of nitrogens with one attached hydrogen (secondary N) is 1. The molecule has 0 saturated carbocycles. The molecule has 23 heavy (non-hydrogen) atoms. The second-order valence-corrected chi connectivity index (χ2v) is 5.96. The van der Waals surface area contributed by atoms with Crippen molar-refractivity contribution in [2.45, 2.75) is 6.42 Å². The number of anilines is 2. The van der Waals surface area contributed by atoms with Crippen LogP contribution < -0.4 is 10.2 Å². The van der Waals surface area contributed by atoms with Gasteiger partial charge in [0.2, 0.25) is 11.8 Å². The van der Waals surface area contributed by atoms with Crippen molar-refractivity contribution in [2.24, 2.45) is 5.92 Å². The molecule has 3 rings (SSSR count). The molecule has 0 spiro atoms. The number of benzene rings is 1. The van der Waals surface area contributed by atoms with E-state index in [9.17, 15) is 18.8 Å². The van der Waals surface area contributed by atoms with Gasteiger partial charge in [-0.05, 0) is 18.2 Å². The fourth-order valence-corrected chi connectivity index (χ4v) is 2.94. The maximum atomic E-state index is 13.4. The van der Waals surface area contributed by atoms with Crippen molar-refractivity contribution in [2.75, 3.05) is 17.3 Å². The number of amides is 2. The maximum absolute atomic E-state index is 13.4. The van der Waals surface area contributed by atoms with Crippen molar-refractivity contribution in [1.29, 1.82) is 0 Å². The van der Waals surface area contributed by atoms with Crippen LogP contribution in [0.1, 0.15) is 16.8 Å². The van der Waals surface area contributed by atoms with E-state index in [1.54, 1.807) is 5.38 Å². The minimum absolute atomic E-state index is 0.152. The van der Waals surface area contributed by atoms with Gasteiger partial charge >= 0.3 is 0 Å². The molecule has 1 aromatic heterocycles. The molecule has 2 amide bonds. The Morgan fingerprint density at radius 1 is 1.43 bits per heavy atom. The summed E-state index contributed by atoms with van der Waals surface area (Å²) in [6.07, 6.45) is 1.25. The smallest absolute Gasteiger partial charge is 0.237 e. The fraction of sp³-hybridized carbons (Fsp3) is 0.200. The quantitative estimate of drug-likeness (QED) is 0.854. The number of halogens is 1. The Kier molecular flexibility index (Phi) is 3.91. The molecular formula is C15H12FN3O3S. The summed E-state index contributed by atoms with van der Waals surface area (Å²) in [7, 11) is 1.45. The van der Waals surface area contributed by atoms with Gasteiger partial charge in [0.15, 0.2) is 10.9 Å². The van der Waals surface area contributed by atoms with Crippen LogP contribution in [-0.2, 0) is 9.59 Å². The van der Waals surface area contributed by atoms with Gasteiger partial charge in [0.1, 0.15) is 11.7 Å². The molecule has 1 atom stereocenters. The Labute approximate surface area is 134 Å². The molecule has 2 aromatic rings. The van der Waals surface area contributed by atoms with Crippen LogP contribution >= 0.6 is 11.3 Å². The van der Waals surface area contributed by atoms with Crippen LogP contribution in [0.25, 0.3) is 0 Å². The molecule has 1 N–H and O–H groups in total. The van der Waals surface area contributed by atoms with Gasteiger partial charge in [0.05, 0.1) is 5.69 Å². The fourth-order valence-electron chi connectivity index (χ4n) is 2.41. The number of nitrogens with zero attached hydrogens (tertiary/aromatic N) is 2. The van der Waals surface area contributed by atoms with Crippen molar-refractivity contribution in [3.8, 4) is 0 Å². The summed E-state index contributed by atoms with van der Waals surface area (Å²) in [4.78, 5) is 42.3. The number of hydrogen-bond acceptors (Lipinski definition) is 5. The summed E-state index contributed by atoms with van der Waals surface area (Å²) >= 11 is 1.21. The Balaban J connectivity index is 1.96. The molecule has 6 nitrogen and oxygen atoms in total. The standard InChI is InChI=1S/C15H12FN3O3S/c1-19-11-6-8(16)2-3-9(11)13(21)10(7-12(19)20)14(22)18-15-17-4-5-23-15/h2-6,10H,7H2,1H3,(H,17,18,22). The highest BCUT2D eigenvalue weighted by molar-refractivity contribution is 7.13. The molecule has 8 heteroatoms. The predicted octanol–water partition coefficient (Wildman–Crippen LogP) is 2.09. The van der Waals surface area contributed by atoms with Gasteiger partial charge in [0, 0.05) is 30.6 Å². The second-order valence-electron chi connectivity index (χ2n) is 5.06. The van der Waals surface area contributed by atoms with Gasteiger partial charge in [-0.3, -0.25) is 14.4 Å². The van der Waals surface area contributed by atoms with Crippen LogP contribution in [0.15, 0.2) is 29.8 Å². The van der Waals surface area contributed by atoms with Crippen molar-refractivity contribution in [1.82, 2.24) is 4.98 Å². The van der Waals surface area contributed by atoms with E-state index >= 15 is 0 Å². The molecule has 1 aliphatic heterocycles. The third-order valence-electron chi connectivity index (χ3n) is 3.63. The number of hydrogen-bond donors (Lipinski definition) is 1. The molecule has 1 unspecified atom stereocenters. The monoisotopic (exact) mass is 333 g/mol. The first-order valence-corrected chi connectivity index (χ1v) is 7.66. The molecule has 0 aliphatic carbocycles. The summed E-state index contributed by atoms with van der Waals surface area (Å²) in [5.41, 5.74) is 0.323. The molecule has 118 valence electrons. The first-order valence-electron chi connectivity index (χ1n) is 6.78. The summed E-state index contributed by atoms with van der Waals surface area (Å²) in [5, 5.41) is 4.57. The van der Waals surface area contributed by atoms with E-state index in [0.29, 0.717) is 5.13 Å². The number of thiazole rings is 1. The average Bonchev–Trinajstić information content (AvgIpc) is 3.00. The van der Waals surface area contributed by atoms with Gasteiger partial charge in [0.25, 0.3) is 0 Å². The van der Waals surface area contributed by atoms with E-state index in [2.05, 4.69) is 10.3 Å². The number of aromatic nitrogens is 1. The number of carbonyl (C=O) groups is 3. The highest BCUT2D eigenvalue weighted by Crippen LogP contribution is 2.30. The van der Waals surface area contributed by atoms with Crippen LogP contribution in [0.4, 0.5) is 15.2 Å². The summed E-state index contributed by atoms with van der Waals surface area (Å²) in [5.74, 6) is -3.25. The Morgan fingerprint density at radius 2 is 2.22 bits per heavy atom. The molecule has 0 saturated heterocycles. The lowest BCUT2D eigenvalue weighted by Crippen LogP contribution is -2.32. The zero-order chi connectivity index (χ0) is 16.6. The predicted molar refractivity (Wildman–Crippen MR) is 83.0 cm³/mol. The van der Waals surface area contributed by atoms with Crippen LogP contribution in [-0.4, -0.2) is 29.6 Å². The zero-order valence-corrected chi connectivity index (χ0v) is 12.9. The van der Waals surface area contributed by atoms with Crippen molar-refractivity contribution >= 4 is 39.8 Å². The summed E-state index contributed by atoms with van der Waals surface area (Å²) < 4.78 is 13.4. The van der Waals surface area contributed by atoms with E-state index in [-0.39, 0.29) is 17.7 Å². The lowest BCUT2D eigenvalue weighted by molar-refractivity contribution is -0.124. The van der Waals surface area contributed by atoms with Crippen LogP contribution in [0.2, 0.25) is 0 Å². The van der Waals surface area contributed by atoms with Gasteiger partial charge < -0.3 is 10.2 Å². The van der Waals surface area contributed by atoms with Crippen LogP contribution in [0, 0.1) is 11.7 Å². The number of rotatable bonds is 2.